The summed E-state index contributed by atoms with van der Waals surface area (Å²) in [5.41, 5.74) is 0.411. The third kappa shape index (κ3) is 3.23. The van der Waals surface area contributed by atoms with Crippen molar-refractivity contribution < 1.29 is 9.18 Å². The molecule has 1 aromatic rings. The number of hydrogen-bond acceptors (Lipinski definition) is 1. The second-order valence-corrected chi connectivity index (χ2v) is 5.59. The molecule has 1 saturated carbocycles. The van der Waals surface area contributed by atoms with Crippen LogP contribution in [0, 0.1) is 5.82 Å². The lowest BCUT2D eigenvalue weighted by Crippen LogP contribution is -2.33. The lowest BCUT2D eigenvalue weighted by molar-refractivity contribution is -0.131. The molecule has 0 bridgehead atoms. The van der Waals surface area contributed by atoms with E-state index in [1.807, 2.05) is 0 Å². The van der Waals surface area contributed by atoms with Crippen molar-refractivity contribution in [1.82, 2.24) is 4.90 Å². The first-order chi connectivity index (χ1) is 8.63. The lowest BCUT2D eigenvalue weighted by atomic mass is 10.2. The Balaban J connectivity index is 2.16. The van der Waals surface area contributed by atoms with Crippen molar-refractivity contribution in [3.63, 3.8) is 0 Å². The van der Waals surface area contributed by atoms with Crippen molar-refractivity contribution in [2.24, 2.45) is 0 Å². The van der Waals surface area contributed by atoms with Crippen LogP contribution >= 0.6 is 27.5 Å². The van der Waals surface area contributed by atoms with Gasteiger partial charge in [-0.1, -0.05) is 33.6 Å². The molecule has 1 aliphatic carbocycles. The normalized spacial score (nSPS) is 14.6. The Bertz CT molecular complexity index is 430. The minimum absolute atomic E-state index is 0.0497. The van der Waals surface area contributed by atoms with Crippen LogP contribution < -0.4 is 0 Å². The lowest BCUT2D eigenvalue weighted by Gasteiger charge is -2.23. The number of nitrogens with zero attached hydrogens (tertiary/aromatic N) is 1. The summed E-state index contributed by atoms with van der Waals surface area (Å²) in [6, 6.07) is 4.86. The Morgan fingerprint density at radius 1 is 1.50 bits per heavy atom. The Labute approximate surface area is 119 Å². The van der Waals surface area contributed by atoms with Crippen molar-refractivity contribution in [1.29, 1.82) is 0 Å². The van der Waals surface area contributed by atoms with Crippen LogP contribution in [-0.4, -0.2) is 22.2 Å². The third-order valence-electron chi connectivity index (χ3n) is 3.01. The van der Waals surface area contributed by atoms with Crippen molar-refractivity contribution in [3.05, 3.63) is 34.6 Å². The number of rotatable bonds is 5. The summed E-state index contributed by atoms with van der Waals surface area (Å²) in [5, 5.41) is 1.01. The molecule has 0 atom stereocenters. The molecule has 0 spiro atoms. The Morgan fingerprint density at radius 2 is 2.22 bits per heavy atom. The van der Waals surface area contributed by atoms with Crippen LogP contribution in [0.5, 0.6) is 0 Å². The van der Waals surface area contributed by atoms with Crippen LogP contribution in [-0.2, 0) is 11.3 Å². The summed E-state index contributed by atoms with van der Waals surface area (Å²) < 4.78 is 13.7. The molecule has 98 valence electrons. The van der Waals surface area contributed by atoms with E-state index in [9.17, 15) is 9.18 Å². The summed E-state index contributed by atoms with van der Waals surface area (Å²) in [7, 11) is 0. The van der Waals surface area contributed by atoms with E-state index in [1.54, 1.807) is 17.0 Å². The minimum atomic E-state index is -0.347. The summed E-state index contributed by atoms with van der Waals surface area (Å²) in [5.74, 6) is -0.298. The van der Waals surface area contributed by atoms with E-state index in [4.69, 9.17) is 11.6 Å². The molecule has 1 amide bonds. The van der Waals surface area contributed by atoms with Crippen molar-refractivity contribution in [2.45, 2.75) is 31.8 Å². The van der Waals surface area contributed by atoms with Gasteiger partial charge < -0.3 is 4.90 Å². The Morgan fingerprint density at radius 3 is 2.78 bits per heavy atom. The van der Waals surface area contributed by atoms with Gasteiger partial charge in [-0.2, -0.15) is 0 Å². The van der Waals surface area contributed by atoms with Gasteiger partial charge in [0.25, 0.3) is 0 Å². The molecule has 0 saturated heterocycles. The standard InChI is InChI=1S/C13H14BrClFNO/c14-7-6-13(18)17(9-4-5-9)8-10-11(15)2-1-3-12(10)16/h1-3,9H,4-8H2. The van der Waals surface area contributed by atoms with Crippen molar-refractivity contribution >= 4 is 33.4 Å². The monoisotopic (exact) mass is 333 g/mol. The number of hydrogen-bond donors (Lipinski definition) is 0. The number of halogens is 3. The number of benzene rings is 1. The van der Waals surface area contributed by atoms with Crippen LogP contribution in [0.2, 0.25) is 5.02 Å². The second kappa shape index (κ2) is 6.02. The van der Waals surface area contributed by atoms with E-state index in [2.05, 4.69) is 15.9 Å². The molecule has 2 nitrogen and oxygen atoms in total. The average Bonchev–Trinajstić information content (AvgIpc) is 3.13. The maximum atomic E-state index is 13.7. The molecule has 0 aliphatic heterocycles. The maximum Gasteiger partial charge on any atom is 0.223 e. The molecule has 1 aliphatic rings. The summed E-state index contributed by atoms with van der Waals surface area (Å²) in [6.45, 7) is 0.266. The molecule has 0 heterocycles. The van der Waals surface area contributed by atoms with Gasteiger partial charge in [-0.3, -0.25) is 4.79 Å². The fourth-order valence-corrected chi connectivity index (χ4v) is 2.45. The molecule has 0 N–H and O–H groups in total. The molecule has 0 aromatic heterocycles. The summed E-state index contributed by atoms with van der Waals surface area (Å²) in [4.78, 5) is 13.7. The zero-order valence-corrected chi connectivity index (χ0v) is 12.2. The SMILES string of the molecule is O=C(CCBr)N(Cc1c(F)cccc1Cl)C1CC1. The van der Waals surface area contributed by atoms with E-state index in [1.165, 1.54) is 6.07 Å². The third-order valence-corrected chi connectivity index (χ3v) is 3.76. The second-order valence-electron chi connectivity index (χ2n) is 4.39. The number of amides is 1. The zero-order valence-electron chi connectivity index (χ0n) is 9.83. The van der Waals surface area contributed by atoms with E-state index in [0.29, 0.717) is 22.3 Å². The van der Waals surface area contributed by atoms with Gasteiger partial charge in [-0.25, -0.2) is 4.39 Å². The first-order valence-electron chi connectivity index (χ1n) is 5.92. The van der Waals surface area contributed by atoms with Crippen LogP contribution in [0.4, 0.5) is 4.39 Å². The molecular weight excluding hydrogens is 321 g/mol. The summed E-state index contributed by atoms with van der Waals surface area (Å²) >= 11 is 9.25. The largest absolute Gasteiger partial charge is 0.335 e. The molecule has 0 radical (unpaired) electrons. The predicted octanol–water partition coefficient (Wildman–Crippen LogP) is 3.76. The Kier molecular flexibility index (Phi) is 4.62. The molecule has 2 rings (SSSR count). The molecule has 18 heavy (non-hydrogen) atoms. The van der Waals surface area contributed by atoms with Gasteiger partial charge in [0.2, 0.25) is 5.91 Å². The first-order valence-corrected chi connectivity index (χ1v) is 7.41. The van der Waals surface area contributed by atoms with E-state index in [0.717, 1.165) is 12.8 Å². The van der Waals surface area contributed by atoms with Gasteiger partial charge in [0, 0.05) is 28.4 Å². The number of carbonyl (C=O) groups excluding carboxylic acids is 1. The average molecular weight is 335 g/mol. The van der Waals surface area contributed by atoms with E-state index < -0.39 is 0 Å². The van der Waals surface area contributed by atoms with E-state index >= 15 is 0 Å². The van der Waals surface area contributed by atoms with Gasteiger partial charge in [-0.15, -0.1) is 0 Å². The highest BCUT2D eigenvalue weighted by Crippen LogP contribution is 2.31. The van der Waals surface area contributed by atoms with Gasteiger partial charge in [0.1, 0.15) is 5.82 Å². The number of carbonyl (C=O) groups is 1. The van der Waals surface area contributed by atoms with E-state index in [-0.39, 0.29) is 24.3 Å². The van der Waals surface area contributed by atoms with Crippen molar-refractivity contribution in [2.75, 3.05) is 5.33 Å². The first kappa shape index (κ1) is 13.8. The minimum Gasteiger partial charge on any atom is -0.335 e. The topological polar surface area (TPSA) is 20.3 Å². The zero-order chi connectivity index (χ0) is 13.1. The number of alkyl halides is 1. The van der Waals surface area contributed by atoms with Crippen LogP contribution in [0.3, 0.4) is 0 Å². The molecule has 0 unspecified atom stereocenters. The molecule has 1 fully saturated rings. The highest BCUT2D eigenvalue weighted by atomic mass is 79.9. The fourth-order valence-electron chi connectivity index (χ4n) is 1.89. The summed E-state index contributed by atoms with van der Waals surface area (Å²) in [6.07, 6.45) is 2.43. The van der Waals surface area contributed by atoms with Crippen LogP contribution in [0.25, 0.3) is 0 Å². The predicted molar refractivity (Wildman–Crippen MR) is 73.4 cm³/mol. The van der Waals surface area contributed by atoms with Crippen LogP contribution in [0.15, 0.2) is 18.2 Å². The quantitative estimate of drug-likeness (QED) is 0.751. The highest BCUT2D eigenvalue weighted by molar-refractivity contribution is 9.09. The van der Waals surface area contributed by atoms with Gasteiger partial charge in [0.15, 0.2) is 0 Å². The maximum absolute atomic E-state index is 13.7. The Hall–Kier alpha value is -0.610. The molecule has 1 aromatic carbocycles. The van der Waals surface area contributed by atoms with Crippen LogP contribution in [0.1, 0.15) is 24.8 Å². The van der Waals surface area contributed by atoms with Gasteiger partial charge >= 0.3 is 0 Å². The van der Waals surface area contributed by atoms with Crippen molar-refractivity contribution in [3.8, 4) is 0 Å². The van der Waals surface area contributed by atoms with Gasteiger partial charge in [-0.05, 0) is 25.0 Å². The smallest absolute Gasteiger partial charge is 0.223 e. The highest BCUT2D eigenvalue weighted by Gasteiger charge is 2.32. The van der Waals surface area contributed by atoms with Gasteiger partial charge in [0.05, 0.1) is 6.54 Å². The molecular formula is C13H14BrClFNO. The fraction of sp³-hybridized carbons (Fsp3) is 0.462. The molecule has 5 heteroatoms.